The molecule has 7 heteroatoms. The summed E-state index contributed by atoms with van der Waals surface area (Å²) in [6.45, 7) is 2.63. The lowest BCUT2D eigenvalue weighted by molar-refractivity contribution is -0.119. The van der Waals surface area contributed by atoms with Gasteiger partial charge in [-0.2, -0.15) is 0 Å². The van der Waals surface area contributed by atoms with Gasteiger partial charge >= 0.3 is 0 Å². The highest BCUT2D eigenvalue weighted by atomic mass is 32.2. The maximum Gasteiger partial charge on any atom is 0.262 e. The van der Waals surface area contributed by atoms with Crippen molar-refractivity contribution in [1.82, 2.24) is 19.2 Å². The van der Waals surface area contributed by atoms with Crippen LogP contribution in [0.3, 0.4) is 0 Å². The Morgan fingerprint density at radius 3 is 2.84 bits per heavy atom. The van der Waals surface area contributed by atoms with Crippen molar-refractivity contribution in [2.75, 3.05) is 0 Å². The van der Waals surface area contributed by atoms with Gasteiger partial charge in [0.15, 0.2) is 5.16 Å². The highest BCUT2D eigenvalue weighted by Gasteiger charge is 2.26. The maximum absolute atomic E-state index is 12.8. The van der Waals surface area contributed by atoms with E-state index in [4.69, 9.17) is 0 Å². The largest absolute Gasteiger partial charge is 0.298 e. The van der Waals surface area contributed by atoms with Gasteiger partial charge in [0.1, 0.15) is 5.78 Å². The average molecular weight is 356 g/mol. The van der Waals surface area contributed by atoms with E-state index in [9.17, 15) is 9.59 Å². The zero-order valence-corrected chi connectivity index (χ0v) is 15.0. The van der Waals surface area contributed by atoms with E-state index in [0.29, 0.717) is 35.1 Å². The minimum absolute atomic E-state index is 0.0392. The van der Waals surface area contributed by atoms with Crippen LogP contribution in [0.15, 0.2) is 34.2 Å². The van der Waals surface area contributed by atoms with Crippen LogP contribution in [0.5, 0.6) is 0 Å². The molecule has 1 aliphatic rings. The number of para-hydroxylation sites is 1. The number of rotatable bonds is 4. The summed E-state index contributed by atoms with van der Waals surface area (Å²) in [7, 11) is 0. The van der Waals surface area contributed by atoms with Gasteiger partial charge in [0.05, 0.1) is 16.2 Å². The smallest absolute Gasteiger partial charge is 0.262 e. The van der Waals surface area contributed by atoms with Gasteiger partial charge in [-0.1, -0.05) is 37.2 Å². The van der Waals surface area contributed by atoms with E-state index in [-0.39, 0.29) is 10.8 Å². The van der Waals surface area contributed by atoms with Crippen molar-refractivity contribution in [2.24, 2.45) is 0 Å². The van der Waals surface area contributed by atoms with E-state index in [0.717, 1.165) is 31.2 Å². The highest BCUT2D eigenvalue weighted by Crippen LogP contribution is 2.31. The Hall–Kier alpha value is -2.15. The number of carbonyl (C=O) groups is 1. The first-order valence-electron chi connectivity index (χ1n) is 8.76. The minimum atomic E-state index is -0.0635. The standard InChI is InChI=1S/C18H20N4O2S/c1-2-11-21-16(24)12-7-3-4-8-13(12)22-17(21)19-20-18(22)25-15-10-6-5-9-14(15)23/h3-4,7-8,15H,2,5-6,9-11H2,1H3/t15-/m0/s1. The summed E-state index contributed by atoms with van der Waals surface area (Å²) in [5.41, 5.74) is 0.758. The van der Waals surface area contributed by atoms with E-state index in [1.165, 1.54) is 11.8 Å². The number of aromatic nitrogens is 4. The van der Waals surface area contributed by atoms with Gasteiger partial charge in [-0.3, -0.25) is 18.6 Å². The van der Waals surface area contributed by atoms with Gasteiger partial charge in [-0.15, -0.1) is 10.2 Å². The molecule has 1 saturated carbocycles. The maximum atomic E-state index is 12.8. The van der Waals surface area contributed by atoms with Crippen molar-refractivity contribution < 1.29 is 4.79 Å². The van der Waals surface area contributed by atoms with Crippen molar-refractivity contribution in [1.29, 1.82) is 0 Å². The van der Waals surface area contributed by atoms with Crippen molar-refractivity contribution in [3.63, 3.8) is 0 Å². The van der Waals surface area contributed by atoms with Crippen LogP contribution in [0.2, 0.25) is 0 Å². The highest BCUT2D eigenvalue weighted by molar-refractivity contribution is 8.00. The third-order valence-corrected chi connectivity index (χ3v) is 5.93. The zero-order chi connectivity index (χ0) is 17.4. The molecule has 1 aliphatic carbocycles. The first-order valence-corrected chi connectivity index (χ1v) is 9.64. The molecule has 0 amide bonds. The van der Waals surface area contributed by atoms with E-state index in [1.54, 1.807) is 4.57 Å². The molecular weight excluding hydrogens is 336 g/mol. The van der Waals surface area contributed by atoms with Gasteiger partial charge in [0, 0.05) is 13.0 Å². The second-order valence-electron chi connectivity index (χ2n) is 6.41. The molecule has 0 radical (unpaired) electrons. The lowest BCUT2D eigenvalue weighted by Crippen LogP contribution is -2.24. The molecule has 1 fully saturated rings. The Balaban J connectivity index is 1.92. The third kappa shape index (κ3) is 2.76. The first-order chi connectivity index (χ1) is 12.2. The summed E-state index contributed by atoms with van der Waals surface area (Å²) >= 11 is 1.48. The molecule has 0 saturated heterocycles. The normalized spacial score (nSPS) is 18.3. The fourth-order valence-electron chi connectivity index (χ4n) is 3.44. The van der Waals surface area contributed by atoms with E-state index >= 15 is 0 Å². The van der Waals surface area contributed by atoms with Crippen LogP contribution in [-0.2, 0) is 11.3 Å². The molecule has 0 spiro atoms. The molecule has 130 valence electrons. The Bertz CT molecular complexity index is 1010. The monoisotopic (exact) mass is 356 g/mol. The van der Waals surface area contributed by atoms with Crippen LogP contribution in [0.1, 0.15) is 39.0 Å². The van der Waals surface area contributed by atoms with E-state index in [1.807, 2.05) is 35.6 Å². The lowest BCUT2D eigenvalue weighted by Gasteiger charge is -2.19. The fraction of sp³-hybridized carbons (Fsp3) is 0.444. The number of fused-ring (bicyclic) bond motifs is 3. The van der Waals surface area contributed by atoms with Gasteiger partial charge in [-0.25, -0.2) is 0 Å². The first kappa shape index (κ1) is 16.3. The van der Waals surface area contributed by atoms with Gasteiger partial charge in [0.2, 0.25) is 5.78 Å². The summed E-state index contributed by atoms with van der Waals surface area (Å²) in [5.74, 6) is 0.843. The van der Waals surface area contributed by atoms with Crippen molar-refractivity contribution in [2.45, 2.75) is 56.0 Å². The number of nitrogens with zero attached hydrogens (tertiary/aromatic N) is 4. The van der Waals surface area contributed by atoms with E-state index in [2.05, 4.69) is 10.2 Å². The molecule has 0 bridgehead atoms. The SMILES string of the molecule is CCCn1c(=O)c2ccccc2n2c(S[C@H]3CCCCC3=O)nnc12. The number of thioether (sulfide) groups is 1. The molecular formula is C18H20N4O2S. The fourth-order valence-corrected chi connectivity index (χ4v) is 4.60. The Labute approximate surface area is 149 Å². The summed E-state index contributed by atoms with van der Waals surface area (Å²) in [6, 6.07) is 7.53. The molecule has 25 heavy (non-hydrogen) atoms. The molecule has 0 unspecified atom stereocenters. The Kier molecular flexibility index (Phi) is 4.33. The zero-order valence-electron chi connectivity index (χ0n) is 14.1. The number of ketones is 1. The second kappa shape index (κ2) is 6.63. The summed E-state index contributed by atoms with van der Waals surface area (Å²) in [4.78, 5) is 25.0. The van der Waals surface area contributed by atoms with Gasteiger partial charge in [-0.05, 0) is 31.4 Å². The molecule has 0 N–H and O–H groups in total. The third-order valence-electron chi connectivity index (χ3n) is 4.67. The van der Waals surface area contributed by atoms with Crippen LogP contribution in [0.25, 0.3) is 16.7 Å². The number of hydrogen-bond acceptors (Lipinski definition) is 5. The Morgan fingerprint density at radius 2 is 2.04 bits per heavy atom. The number of carbonyl (C=O) groups excluding carboxylic acids is 1. The average Bonchev–Trinajstić information content (AvgIpc) is 3.04. The van der Waals surface area contributed by atoms with Crippen molar-refractivity contribution >= 4 is 34.2 Å². The number of hydrogen-bond donors (Lipinski definition) is 0. The van der Waals surface area contributed by atoms with E-state index < -0.39 is 0 Å². The van der Waals surface area contributed by atoms with Crippen LogP contribution in [-0.4, -0.2) is 30.2 Å². The molecule has 3 aromatic rings. The van der Waals surface area contributed by atoms with Crippen LogP contribution >= 0.6 is 11.8 Å². The molecule has 1 atom stereocenters. The predicted octanol–water partition coefficient (Wildman–Crippen LogP) is 3.06. The Morgan fingerprint density at radius 1 is 1.20 bits per heavy atom. The molecule has 0 aliphatic heterocycles. The van der Waals surface area contributed by atoms with Crippen molar-refractivity contribution in [3.05, 3.63) is 34.6 Å². The molecule has 2 heterocycles. The topological polar surface area (TPSA) is 69.3 Å². The number of benzene rings is 1. The second-order valence-corrected chi connectivity index (χ2v) is 7.58. The molecule has 2 aromatic heterocycles. The molecule has 4 rings (SSSR count). The molecule has 6 nitrogen and oxygen atoms in total. The number of Topliss-reactive ketones (excluding diaryl/α,β-unsaturated/α-hetero) is 1. The summed E-state index contributed by atoms with van der Waals surface area (Å²) in [5, 5.41) is 9.88. The summed E-state index contributed by atoms with van der Waals surface area (Å²) < 4.78 is 3.61. The predicted molar refractivity (Wildman–Crippen MR) is 98.2 cm³/mol. The van der Waals surface area contributed by atoms with Crippen molar-refractivity contribution in [3.8, 4) is 0 Å². The van der Waals surface area contributed by atoms with Crippen LogP contribution < -0.4 is 5.56 Å². The quantitative estimate of drug-likeness (QED) is 0.719. The van der Waals surface area contributed by atoms with Crippen LogP contribution in [0.4, 0.5) is 0 Å². The summed E-state index contributed by atoms with van der Waals surface area (Å²) in [6.07, 6.45) is 4.42. The molecule has 1 aromatic carbocycles. The minimum Gasteiger partial charge on any atom is -0.298 e. The number of aryl methyl sites for hydroxylation is 1. The van der Waals surface area contributed by atoms with Crippen LogP contribution in [0, 0.1) is 0 Å². The lowest BCUT2D eigenvalue weighted by atomic mass is 9.99. The van der Waals surface area contributed by atoms with Gasteiger partial charge < -0.3 is 0 Å². The van der Waals surface area contributed by atoms with Gasteiger partial charge in [0.25, 0.3) is 5.56 Å².